The maximum absolute atomic E-state index is 12.1. The standard InChI is InChI=1S/C14H13ClN2O2S/c1-17(2)14(19)10-6-5-9(15)8-11(10)16-13(18)12-4-3-7-20-12/h3-8H,1-2H3,(H,16,18). The van der Waals surface area contributed by atoms with Crippen molar-refractivity contribution in [1.29, 1.82) is 0 Å². The van der Waals surface area contributed by atoms with Gasteiger partial charge in [-0.1, -0.05) is 17.7 Å². The largest absolute Gasteiger partial charge is 0.345 e. The lowest BCUT2D eigenvalue weighted by atomic mass is 10.1. The van der Waals surface area contributed by atoms with Gasteiger partial charge in [-0.2, -0.15) is 0 Å². The van der Waals surface area contributed by atoms with Crippen LogP contribution < -0.4 is 5.32 Å². The van der Waals surface area contributed by atoms with E-state index in [1.807, 2.05) is 5.38 Å². The summed E-state index contributed by atoms with van der Waals surface area (Å²) in [6.07, 6.45) is 0. The van der Waals surface area contributed by atoms with Gasteiger partial charge in [0, 0.05) is 19.1 Å². The van der Waals surface area contributed by atoms with E-state index < -0.39 is 0 Å². The summed E-state index contributed by atoms with van der Waals surface area (Å²) in [4.78, 5) is 26.2. The van der Waals surface area contributed by atoms with E-state index in [9.17, 15) is 9.59 Å². The van der Waals surface area contributed by atoms with Crippen molar-refractivity contribution in [1.82, 2.24) is 4.90 Å². The van der Waals surface area contributed by atoms with Gasteiger partial charge in [-0.05, 0) is 29.6 Å². The highest BCUT2D eigenvalue weighted by molar-refractivity contribution is 7.12. The Morgan fingerprint density at radius 1 is 1.25 bits per heavy atom. The molecule has 2 rings (SSSR count). The molecule has 2 amide bonds. The first-order valence-electron chi connectivity index (χ1n) is 5.85. The fourth-order valence-corrected chi connectivity index (χ4v) is 2.43. The summed E-state index contributed by atoms with van der Waals surface area (Å²) in [5.41, 5.74) is 0.818. The summed E-state index contributed by atoms with van der Waals surface area (Å²) in [6.45, 7) is 0. The number of hydrogen-bond donors (Lipinski definition) is 1. The van der Waals surface area contributed by atoms with Crippen molar-refractivity contribution < 1.29 is 9.59 Å². The van der Waals surface area contributed by atoms with E-state index in [1.165, 1.54) is 16.2 Å². The number of anilines is 1. The molecule has 1 aromatic heterocycles. The van der Waals surface area contributed by atoms with Gasteiger partial charge in [0.1, 0.15) is 0 Å². The second-order valence-corrected chi connectivity index (χ2v) is 5.71. The molecule has 0 atom stereocenters. The Balaban J connectivity index is 2.33. The summed E-state index contributed by atoms with van der Waals surface area (Å²) < 4.78 is 0. The summed E-state index contributed by atoms with van der Waals surface area (Å²) in [6, 6.07) is 8.32. The molecule has 0 unspecified atom stereocenters. The minimum atomic E-state index is -0.255. The number of rotatable bonds is 3. The zero-order chi connectivity index (χ0) is 14.7. The third kappa shape index (κ3) is 3.18. The van der Waals surface area contributed by atoms with Gasteiger partial charge in [-0.15, -0.1) is 11.3 Å². The molecule has 4 nitrogen and oxygen atoms in total. The molecule has 0 aliphatic rings. The van der Waals surface area contributed by atoms with Gasteiger partial charge in [-0.3, -0.25) is 9.59 Å². The first-order valence-corrected chi connectivity index (χ1v) is 7.11. The molecule has 6 heteroatoms. The van der Waals surface area contributed by atoms with Gasteiger partial charge in [-0.25, -0.2) is 0 Å². The van der Waals surface area contributed by atoms with E-state index in [1.54, 1.807) is 44.4 Å². The van der Waals surface area contributed by atoms with Crippen LogP contribution in [-0.2, 0) is 0 Å². The Labute approximate surface area is 126 Å². The molecule has 0 aliphatic heterocycles. The minimum absolute atomic E-state index is 0.192. The van der Waals surface area contributed by atoms with Gasteiger partial charge in [0.2, 0.25) is 0 Å². The molecule has 0 radical (unpaired) electrons. The van der Waals surface area contributed by atoms with Crippen molar-refractivity contribution in [2.75, 3.05) is 19.4 Å². The molecule has 0 saturated heterocycles. The van der Waals surface area contributed by atoms with Crippen molar-refractivity contribution in [2.45, 2.75) is 0 Å². The van der Waals surface area contributed by atoms with Crippen LogP contribution in [0.2, 0.25) is 5.02 Å². The van der Waals surface area contributed by atoms with Crippen LogP contribution in [0.5, 0.6) is 0 Å². The summed E-state index contributed by atoms with van der Waals surface area (Å²) in [7, 11) is 3.31. The number of nitrogens with zero attached hydrogens (tertiary/aromatic N) is 1. The van der Waals surface area contributed by atoms with E-state index in [0.717, 1.165) is 0 Å². The maximum Gasteiger partial charge on any atom is 0.265 e. The van der Waals surface area contributed by atoms with Crippen LogP contribution >= 0.6 is 22.9 Å². The summed E-state index contributed by atoms with van der Waals surface area (Å²) >= 11 is 7.27. The molecule has 0 saturated carbocycles. The first-order chi connectivity index (χ1) is 9.49. The molecular weight excluding hydrogens is 296 g/mol. The monoisotopic (exact) mass is 308 g/mol. The van der Waals surface area contributed by atoms with E-state index in [4.69, 9.17) is 11.6 Å². The lowest BCUT2D eigenvalue weighted by Crippen LogP contribution is -2.24. The van der Waals surface area contributed by atoms with E-state index in [2.05, 4.69) is 5.32 Å². The van der Waals surface area contributed by atoms with Crippen molar-refractivity contribution in [3.63, 3.8) is 0 Å². The molecule has 0 aliphatic carbocycles. The molecule has 0 fully saturated rings. The maximum atomic E-state index is 12.1. The van der Waals surface area contributed by atoms with Crippen LogP contribution in [0.15, 0.2) is 35.7 Å². The van der Waals surface area contributed by atoms with Gasteiger partial charge in [0.25, 0.3) is 11.8 Å². The van der Waals surface area contributed by atoms with Gasteiger partial charge in [0.05, 0.1) is 16.1 Å². The molecule has 1 aromatic carbocycles. The van der Waals surface area contributed by atoms with Gasteiger partial charge < -0.3 is 10.2 Å². The zero-order valence-electron chi connectivity index (χ0n) is 11.0. The fraction of sp³-hybridized carbons (Fsp3) is 0.143. The normalized spacial score (nSPS) is 10.2. The van der Waals surface area contributed by atoms with Crippen molar-refractivity contribution in [2.24, 2.45) is 0 Å². The van der Waals surface area contributed by atoms with E-state index in [0.29, 0.717) is 21.2 Å². The summed E-state index contributed by atoms with van der Waals surface area (Å²) in [5, 5.41) is 5.01. The molecule has 20 heavy (non-hydrogen) atoms. The molecule has 1 N–H and O–H groups in total. The number of hydrogen-bond acceptors (Lipinski definition) is 3. The molecular formula is C14H13ClN2O2S. The summed E-state index contributed by atoms with van der Waals surface area (Å²) in [5.74, 6) is -0.446. The molecule has 104 valence electrons. The third-order valence-electron chi connectivity index (χ3n) is 2.61. The number of carbonyl (C=O) groups excluding carboxylic acids is 2. The average Bonchev–Trinajstić information content (AvgIpc) is 2.92. The lowest BCUT2D eigenvalue weighted by molar-refractivity contribution is 0.0828. The number of benzene rings is 1. The fourth-order valence-electron chi connectivity index (χ4n) is 1.64. The minimum Gasteiger partial charge on any atom is -0.345 e. The zero-order valence-corrected chi connectivity index (χ0v) is 12.6. The topological polar surface area (TPSA) is 49.4 Å². The second kappa shape index (κ2) is 6.07. The Morgan fingerprint density at radius 2 is 2.00 bits per heavy atom. The van der Waals surface area contributed by atoms with E-state index >= 15 is 0 Å². The number of carbonyl (C=O) groups is 2. The predicted octanol–water partition coefficient (Wildman–Crippen LogP) is 3.36. The first kappa shape index (κ1) is 14.6. The third-order valence-corrected chi connectivity index (χ3v) is 3.72. The number of thiophene rings is 1. The Bertz CT molecular complexity index is 639. The molecule has 0 spiro atoms. The van der Waals surface area contributed by atoms with Crippen LogP contribution in [0.3, 0.4) is 0 Å². The number of nitrogens with one attached hydrogen (secondary N) is 1. The average molecular weight is 309 g/mol. The highest BCUT2D eigenvalue weighted by Gasteiger charge is 2.16. The van der Waals surface area contributed by atoms with Crippen LogP contribution in [0, 0.1) is 0 Å². The Morgan fingerprint density at radius 3 is 2.60 bits per heavy atom. The lowest BCUT2D eigenvalue weighted by Gasteiger charge is -2.14. The number of amides is 2. The van der Waals surface area contributed by atoms with Crippen LogP contribution in [0.1, 0.15) is 20.0 Å². The van der Waals surface area contributed by atoms with Crippen LogP contribution in [0.4, 0.5) is 5.69 Å². The smallest absolute Gasteiger partial charge is 0.265 e. The Kier molecular flexibility index (Phi) is 4.42. The predicted molar refractivity (Wildman–Crippen MR) is 81.7 cm³/mol. The molecule has 2 aromatic rings. The molecule has 1 heterocycles. The molecule has 0 bridgehead atoms. The van der Waals surface area contributed by atoms with Gasteiger partial charge >= 0.3 is 0 Å². The van der Waals surface area contributed by atoms with E-state index in [-0.39, 0.29) is 11.8 Å². The van der Waals surface area contributed by atoms with Crippen LogP contribution in [0.25, 0.3) is 0 Å². The van der Waals surface area contributed by atoms with Crippen LogP contribution in [-0.4, -0.2) is 30.8 Å². The van der Waals surface area contributed by atoms with Crippen molar-refractivity contribution in [3.8, 4) is 0 Å². The van der Waals surface area contributed by atoms with Gasteiger partial charge in [0.15, 0.2) is 0 Å². The highest BCUT2D eigenvalue weighted by atomic mass is 35.5. The van der Waals surface area contributed by atoms with Crippen molar-refractivity contribution >= 4 is 40.4 Å². The quantitative estimate of drug-likeness (QED) is 0.945. The SMILES string of the molecule is CN(C)C(=O)c1ccc(Cl)cc1NC(=O)c1cccs1. The second-order valence-electron chi connectivity index (χ2n) is 4.32. The highest BCUT2D eigenvalue weighted by Crippen LogP contribution is 2.23. The van der Waals surface area contributed by atoms with Crippen molar-refractivity contribution in [3.05, 3.63) is 51.2 Å². The number of halogens is 1. The Hall–Kier alpha value is -1.85.